The van der Waals surface area contributed by atoms with Gasteiger partial charge < -0.3 is 19.5 Å². The lowest BCUT2D eigenvalue weighted by molar-refractivity contribution is -0.130. The van der Waals surface area contributed by atoms with E-state index < -0.39 is 0 Å². The smallest absolute Gasteiger partial charge is 0.249 e. The zero-order valence-electron chi connectivity index (χ0n) is 13.2. The second-order valence-electron chi connectivity index (χ2n) is 5.20. The number of nitrogens with one attached hydrogen (secondary N) is 1. The van der Waals surface area contributed by atoms with Gasteiger partial charge in [0.2, 0.25) is 5.91 Å². The van der Waals surface area contributed by atoms with Gasteiger partial charge in [-0.3, -0.25) is 4.79 Å². The first-order valence-corrected chi connectivity index (χ1v) is 7.43. The minimum Gasteiger partial charge on any atom is -0.493 e. The number of hydrogen-bond acceptors (Lipinski definition) is 4. The molecule has 120 valence electrons. The minimum atomic E-state index is -0.312. The molecule has 1 N–H and O–H groups in total. The fourth-order valence-electron chi connectivity index (χ4n) is 2.60. The van der Waals surface area contributed by atoms with E-state index in [0.29, 0.717) is 31.1 Å². The lowest BCUT2D eigenvalue weighted by Crippen LogP contribution is -2.33. The number of carbonyl (C=O) groups excluding carboxylic acids is 1. The monoisotopic (exact) mass is 305 g/mol. The molecule has 1 amide bonds. The summed E-state index contributed by atoms with van der Waals surface area (Å²) in [5.41, 5.74) is 1.94. The summed E-state index contributed by atoms with van der Waals surface area (Å²) in [6, 6.07) is 3.88. The molecule has 0 aliphatic carbocycles. The van der Waals surface area contributed by atoms with Gasteiger partial charge in [0, 0.05) is 18.7 Å². The normalized spacial score (nSPS) is 17.1. The van der Waals surface area contributed by atoms with Crippen LogP contribution < -0.4 is 14.8 Å². The van der Waals surface area contributed by atoms with Gasteiger partial charge in [-0.25, -0.2) is 0 Å². The van der Waals surface area contributed by atoms with Crippen LogP contribution in [0.1, 0.15) is 24.0 Å². The van der Waals surface area contributed by atoms with Gasteiger partial charge >= 0.3 is 0 Å². The van der Waals surface area contributed by atoms with E-state index in [4.69, 9.17) is 14.2 Å². The molecule has 1 aliphatic heterocycles. The Morgan fingerprint density at radius 1 is 1.45 bits per heavy atom. The number of allylic oxidation sites excluding steroid dienone is 1. The molecule has 1 aromatic rings. The third kappa shape index (κ3) is 3.80. The van der Waals surface area contributed by atoms with E-state index in [9.17, 15) is 4.79 Å². The number of benzene rings is 1. The van der Waals surface area contributed by atoms with Crippen molar-refractivity contribution in [2.24, 2.45) is 0 Å². The first kappa shape index (κ1) is 16.4. The summed E-state index contributed by atoms with van der Waals surface area (Å²) < 4.78 is 16.2. The van der Waals surface area contributed by atoms with Crippen LogP contribution in [-0.4, -0.2) is 32.8 Å². The van der Waals surface area contributed by atoms with Gasteiger partial charge in [-0.15, -0.1) is 6.58 Å². The molecule has 1 aliphatic rings. The van der Waals surface area contributed by atoms with Crippen molar-refractivity contribution in [3.8, 4) is 11.5 Å². The summed E-state index contributed by atoms with van der Waals surface area (Å²) >= 11 is 0. The van der Waals surface area contributed by atoms with Crippen LogP contribution in [0, 0.1) is 0 Å². The van der Waals surface area contributed by atoms with Crippen LogP contribution in [0.15, 0.2) is 24.8 Å². The van der Waals surface area contributed by atoms with E-state index in [-0.39, 0.29) is 12.0 Å². The quantitative estimate of drug-likeness (QED) is 0.785. The van der Waals surface area contributed by atoms with Gasteiger partial charge in [0.15, 0.2) is 11.5 Å². The second-order valence-corrected chi connectivity index (χ2v) is 5.20. The van der Waals surface area contributed by atoms with Gasteiger partial charge in [-0.2, -0.15) is 0 Å². The van der Waals surface area contributed by atoms with Crippen LogP contribution in [0.2, 0.25) is 0 Å². The molecule has 22 heavy (non-hydrogen) atoms. The first-order valence-electron chi connectivity index (χ1n) is 7.43. The van der Waals surface area contributed by atoms with Crippen LogP contribution in [0.3, 0.4) is 0 Å². The molecule has 5 nitrogen and oxygen atoms in total. The van der Waals surface area contributed by atoms with Crippen LogP contribution in [0.5, 0.6) is 11.5 Å². The van der Waals surface area contributed by atoms with Crippen LogP contribution in [0.25, 0.3) is 0 Å². The number of ether oxygens (including phenoxy) is 3. The lowest BCUT2D eigenvalue weighted by Gasteiger charge is -2.15. The average molecular weight is 305 g/mol. The topological polar surface area (TPSA) is 56.8 Å². The predicted octanol–water partition coefficient (Wildman–Crippen LogP) is 2.23. The van der Waals surface area contributed by atoms with Crippen molar-refractivity contribution in [1.82, 2.24) is 5.32 Å². The predicted molar refractivity (Wildman–Crippen MR) is 84.3 cm³/mol. The molecule has 0 bridgehead atoms. The maximum absolute atomic E-state index is 12.0. The van der Waals surface area contributed by atoms with Crippen molar-refractivity contribution in [2.75, 3.05) is 20.8 Å². The Hall–Kier alpha value is -2.01. The standard InChI is InChI=1S/C17H23NO4/c1-4-6-13-9-12(10-15(20-2)16(13)21-3)11-18-17(19)14-7-5-8-22-14/h4,9-10,14H,1,5-8,11H2,2-3H3,(H,18,19)/t14-/m1/s1. The minimum absolute atomic E-state index is 0.0578. The van der Waals surface area contributed by atoms with E-state index >= 15 is 0 Å². The number of amides is 1. The number of rotatable bonds is 7. The van der Waals surface area contributed by atoms with Crippen molar-refractivity contribution in [2.45, 2.75) is 31.9 Å². The molecule has 0 aromatic heterocycles. The zero-order chi connectivity index (χ0) is 15.9. The van der Waals surface area contributed by atoms with Gasteiger partial charge in [0.1, 0.15) is 6.10 Å². The van der Waals surface area contributed by atoms with Gasteiger partial charge in [-0.05, 0) is 37.0 Å². The molecule has 2 rings (SSSR count). The number of carbonyl (C=O) groups is 1. The van der Waals surface area contributed by atoms with E-state index in [1.54, 1.807) is 14.2 Å². The van der Waals surface area contributed by atoms with E-state index in [1.165, 1.54) is 0 Å². The first-order chi connectivity index (χ1) is 10.7. The van der Waals surface area contributed by atoms with Crippen LogP contribution in [0.4, 0.5) is 0 Å². The summed E-state index contributed by atoms with van der Waals surface area (Å²) in [5.74, 6) is 1.30. The third-order valence-electron chi connectivity index (χ3n) is 3.67. The molecular formula is C17H23NO4. The Morgan fingerprint density at radius 3 is 2.86 bits per heavy atom. The molecule has 0 radical (unpaired) electrons. The summed E-state index contributed by atoms with van der Waals surface area (Å²) in [7, 11) is 3.22. The molecule has 0 spiro atoms. The summed E-state index contributed by atoms with van der Waals surface area (Å²) in [4.78, 5) is 12.0. The Labute approximate surface area is 131 Å². The fourth-order valence-corrected chi connectivity index (χ4v) is 2.60. The molecule has 1 aromatic carbocycles. The van der Waals surface area contributed by atoms with Gasteiger partial charge in [0.25, 0.3) is 0 Å². The Bertz CT molecular complexity index is 536. The van der Waals surface area contributed by atoms with Crippen molar-refractivity contribution < 1.29 is 19.0 Å². The highest BCUT2D eigenvalue weighted by molar-refractivity contribution is 5.80. The Morgan fingerprint density at radius 2 is 2.27 bits per heavy atom. The third-order valence-corrected chi connectivity index (χ3v) is 3.67. The van der Waals surface area contributed by atoms with Crippen molar-refractivity contribution in [3.05, 3.63) is 35.9 Å². The fraction of sp³-hybridized carbons (Fsp3) is 0.471. The number of methoxy groups -OCH3 is 2. The molecule has 1 heterocycles. The van der Waals surface area contributed by atoms with Gasteiger partial charge in [-0.1, -0.05) is 6.08 Å². The van der Waals surface area contributed by atoms with Crippen molar-refractivity contribution in [3.63, 3.8) is 0 Å². The maximum atomic E-state index is 12.0. The van der Waals surface area contributed by atoms with Crippen molar-refractivity contribution >= 4 is 5.91 Å². The molecule has 1 saturated heterocycles. The van der Waals surface area contributed by atoms with Crippen molar-refractivity contribution in [1.29, 1.82) is 0 Å². The zero-order valence-corrected chi connectivity index (χ0v) is 13.2. The highest BCUT2D eigenvalue weighted by Gasteiger charge is 2.23. The van der Waals surface area contributed by atoms with E-state index in [1.807, 2.05) is 18.2 Å². The maximum Gasteiger partial charge on any atom is 0.249 e. The molecular weight excluding hydrogens is 282 g/mol. The lowest BCUT2D eigenvalue weighted by atomic mass is 10.1. The molecule has 0 unspecified atom stereocenters. The highest BCUT2D eigenvalue weighted by Crippen LogP contribution is 2.33. The van der Waals surface area contributed by atoms with Crippen LogP contribution >= 0.6 is 0 Å². The molecule has 1 atom stereocenters. The van der Waals surface area contributed by atoms with E-state index in [2.05, 4.69) is 11.9 Å². The SMILES string of the molecule is C=CCc1cc(CNC(=O)[C@H]2CCCO2)cc(OC)c1OC. The summed E-state index contributed by atoms with van der Waals surface area (Å²) in [6.45, 7) is 4.86. The summed E-state index contributed by atoms with van der Waals surface area (Å²) in [5, 5.41) is 2.91. The summed E-state index contributed by atoms with van der Waals surface area (Å²) in [6.07, 6.45) is 3.91. The highest BCUT2D eigenvalue weighted by atomic mass is 16.5. The largest absolute Gasteiger partial charge is 0.493 e. The van der Waals surface area contributed by atoms with E-state index in [0.717, 1.165) is 24.0 Å². The molecule has 1 fully saturated rings. The molecule has 0 saturated carbocycles. The van der Waals surface area contributed by atoms with Crippen LogP contribution in [-0.2, 0) is 22.5 Å². The number of hydrogen-bond donors (Lipinski definition) is 1. The molecule has 5 heteroatoms. The second kappa shape index (κ2) is 7.84. The Kier molecular flexibility index (Phi) is 5.83. The Balaban J connectivity index is 2.10. The average Bonchev–Trinajstić information content (AvgIpc) is 3.06. The van der Waals surface area contributed by atoms with Gasteiger partial charge in [0.05, 0.1) is 14.2 Å².